The van der Waals surface area contributed by atoms with Gasteiger partial charge in [0.15, 0.2) is 0 Å². The van der Waals surface area contributed by atoms with E-state index in [4.69, 9.17) is 16.3 Å². The van der Waals surface area contributed by atoms with Gasteiger partial charge in [-0.25, -0.2) is 4.39 Å². The lowest BCUT2D eigenvalue weighted by atomic mass is 9.93. The van der Waals surface area contributed by atoms with E-state index in [9.17, 15) is 4.39 Å². The molecule has 0 aromatic heterocycles. The van der Waals surface area contributed by atoms with Crippen molar-refractivity contribution in [3.05, 3.63) is 107 Å². The van der Waals surface area contributed by atoms with Crippen molar-refractivity contribution < 1.29 is 9.13 Å². The molecule has 136 valence electrons. The Hall–Kier alpha value is -2.58. The number of hydrogen-bond acceptors (Lipinski definition) is 1. The van der Waals surface area contributed by atoms with Crippen molar-refractivity contribution in [2.75, 3.05) is 0 Å². The summed E-state index contributed by atoms with van der Waals surface area (Å²) in [5, 5.41) is 0.675. The van der Waals surface area contributed by atoms with E-state index >= 15 is 0 Å². The van der Waals surface area contributed by atoms with E-state index in [0.29, 0.717) is 11.4 Å². The van der Waals surface area contributed by atoms with E-state index < -0.39 is 5.41 Å². The molecule has 0 spiro atoms. The number of ether oxygens (including phenoxy) is 1. The first-order valence-corrected chi connectivity index (χ1v) is 9.48. The zero-order chi connectivity index (χ0) is 18.7. The maximum Gasteiger partial charge on any atom is 0.127 e. The van der Waals surface area contributed by atoms with Crippen molar-refractivity contribution in [2.24, 2.45) is 0 Å². The van der Waals surface area contributed by atoms with Crippen LogP contribution >= 0.6 is 11.6 Å². The Kier molecular flexibility index (Phi) is 5.00. The molecule has 0 atom stereocenters. The molecule has 0 aliphatic heterocycles. The third kappa shape index (κ3) is 4.06. The predicted molar refractivity (Wildman–Crippen MR) is 108 cm³/mol. The molecular formula is C24H20ClFO. The molecule has 27 heavy (non-hydrogen) atoms. The van der Waals surface area contributed by atoms with Crippen molar-refractivity contribution in [2.45, 2.75) is 24.7 Å². The van der Waals surface area contributed by atoms with E-state index in [1.54, 1.807) is 6.08 Å². The molecule has 0 N–H and O–H groups in total. The highest BCUT2D eigenvalue weighted by Gasteiger charge is 2.48. The molecule has 1 fully saturated rings. The van der Waals surface area contributed by atoms with Crippen molar-refractivity contribution in [3.63, 3.8) is 0 Å². The fourth-order valence-electron chi connectivity index (χ4n) is 3.32. The minimum atomic E-state index is -0.456. The minimum absolute atomic E-state index is 0.0563. The molecule has 4 rings (SSSR count). The van der Waals surface area contributed by atoms with Crippen LogP contribution < -0.4 is 4.74 Å². The van der Waals surface area contributed by atoms with E-state index in [1.165, 1.54) is 0 Å². The van der Waals surface area contributed by atoms with Gasteiger partial charge in [-0.2, -0.15) is 0 Å². The summed E-state index contributed by atoms with van der Waals surface area (Å²) in [7, 11) is 0. The average molecular weight is 379 g/mol. The lowest BCUT2D eigenvalue weighted by molar-refractivity contribution is 0.482. The van der Waals surface area contributed by atoms with Gasteiger partial charge in [0.1, 0.15) is 17.3 Å². The van der Waals surface area contributed by atoms with E-state index in [0.717, 1.165) is 35.5 Å². The molecule has 1 aliphatic rings. The van der Waals surface area contributed by atoms with Crippen LogP contribution in [0.15, 0.2) is 90.8 Å². The summed E-state index contributed by atoms with van der Waals surface area (Å²) < 4.78 is 20.8. The number of hydrogen-bond donors (Lipinski definition) is 0. The van der Waals surface area contributed by atoms with Gasteiger partial charge < -0.3 is 4.74 Å². The van der Waals surface area contributed by atoms with Gasteiger partial charge in [0.2, 0.25) is 0 Å². The molecule has 0 heterocycles. The maximum atomic E-state index is 15.0. The lowest BCUT2D eigenvalue weighted by Gasteiger charge is -2.14. The summed E-state index contributed by atoms with van der Waals surface area (Å²) in [6, 6.07) is 24.9. The monoisotopic (exact) mass is 378 g/mol. The second kappa shape index (κ2) is 7.58. The highest BCUT2D eigenvalue weighted by atomic mass is 35.5. The molecule has 0 radical (unpaired) electrons. The van der Waals surface area contributed by atoms with Crippen LogP contribution in [0, 0.1) is 0 Å². The Morgan fingerprint density at radius 3 is 2.33 bits per heavy atom. The van der Waals surface area contributed by atoms with Crippen molar-refractivity contribution in [3.8, 4) is 11.5 Å². The molecule has 1 nitrogen and oxygen atoms in total. The summed E-state index contributed by atoms with van der Waals surface area (Å²) in [5.74, 6) is 1.49. The number of halogens is 2. The summed E-state index contributed by atoms with van der Waals surface area (Å²) in [6.45, 7) is 0. The summed E-state index contributed by atoms with van der Waals surface area (Å²) in [5.41, 5.74) is 1.57. The van der Waals surface area contributed by atoms with Gasteiger partial charge in [-0.3, -0.25) is 0 Å². The van der Waals surface area contributed by atoms with Crippen molar-refractivity contribution in [1.29, 1.82) is 0 Å². The number of rotatable bonds is 6. The van der Waals surface area contributed by atoms with Gasteiger partial charge in [-0.15, -0.1) is 0 Å². The Bertz CT molecular complexity index is 944. The molecule has 0 bridgehead atoms. The van der Waals surface area contributed by atoms with E-state index in [2.05, 4.69) is 0 Å². The largest absolute Gasteiger partial charge is 0.457 e. The van der Waals surface area contributed by atoms with Gasteiger partial charge in [-0.05, 0) is 72.9 Å². The molecule has 1 saturated carbocycles. The molecular weight excluding hydrogens is 359 g/mol. The maximum absolute atomic E-state index is 15.0. The standard InChI is InChI=1S/C24H20ClFO/c25-20-12-10-19(11-13-20)24(15-16-24)23(26)14-9-18-5-4-8-22(17-18)27-21-6-2-1-3-7-21/h1-8,10-14,17H,9,15-16H2. The van der Waals surface area contributed by atoms with Crippen LogP contribution in [0.4, 0.5) is 4.39 Å². The molecule has 3 aromatic carbocycles. The highest BCUT2D eigenvalue weighted by molar-refractivity contribution is 6.30. The first kappa shape index (κ1) is 17.8. The van der Waals surface area contributed by atoms with Gasteiger partial charge in [0.25, 0.3) is 0 Å². The predicted octanol–water partition coefficient (Wildman–Crippen LogP) is 7.26. The number of benzene rings is 3. The van der Waals surface area contributed by atoms with Gasteiger partial charge in [0, 0.05) is 10.4 Å². The minimum Gasteiger partial charge on any atom is -0.457 e. The fraction of sp³-hybridized carbons (Fsp3) is 0.167. The number of para-hydroxylation sites is 1. The van der Waals surface area contributed by atoms with Crippen LogP contribution in [0.25, 0.3) is 0 Å². The summed E-state index contributed by atoms with van der Waals surface area (Å²) in [6.07, 6.45) is 3.92. The molecule has 1 aliphatic carbocycles. The Morgan fingerprint density at radius 2 is 1.63 bits per heavy atom. The van der Waals surface area contributed by atoms with Gasteiger partial charge in [-0.1, -0.05) is 54.1 Å². The molecule has 0 unspecified atom stereocenters. The van der Waals surface area contributed by atoms with Crippen molar-refractivity contribution in [1.82, 2.24) is 0 Å². The van der Waals surface area contributed by atoms with Crippen LogP contribution in [0.5, 0.6) is 11.5 Å². The van der Waals surface area contributed by atoms with E-state index in [1.807, 2.05) is 78.9 Å². The third-order valence-corrected chi connectivity index (χ3v) is 5.25. The number of allylic oxidation sites excluding steroid dienone is 2. The highest BCUT2D eigenvalue weighted by Crippen LogP contribution is 2.54. The SMILES string of the molecule is FC(=CCc1cccc(Oc2ccccc2)c1)C1(c2ccc(Cl)cc2)CC1. The fourth-order valence-corrected chi connectivity index (χ4v) is 3.45. The second-order valence-corrected chi connectivity index (χ2v) is 7.34. The average Bonchev–Trinajstić information content (AvgIpc) is 3.50. The Morgan fingerprint density at radius 1 is 0.926 bits per heavy atom. The molecule has 3 aromatic rings. The molecule has 0 amide bonds. The zero-order valence-corrected chi connectivity index (χ0v) is 15.6. The van der Waals surface area contributed by atoms with Crippen LogP contribution in [0.1, 0.15) is 24.0 Å². The second-order valence-electron chi connectivity index (χ2n) is 6.91. The smallest absolute Gasteiger partial charge is 0.127 e. The first-order valence-electron chi connectivity index (χ1n) is 9.10. The van der Waals surface area contributed by atoms with Crippen LogP contribution in [0.2, 0.25) is 5.02 Å². The lowest BCUT2D eigenvalue weighted by Crippen LogP contribution is -2.07. The van der Waals surface area contributed by atoms with Gasteiger partial charge in [0.05, 0.1) is 0 Å². The summed E-state index contributed by atoms with van der Waals surface area (Å²) in [4.78, 5) is 0. The van der Waals surface area contributed by atoms with Crippen LogP contribution in [-0.4, -0.2) is 0 Å². The zero-order valence-electron chi connectivity index (χ0n) is 14.9. The van der Waals surface area contributed by atoms with E-state index in [-0.39, 0.29) is 5.83 Å². The Labute approximate surface area is 164 Å². The molecule has 3 heteroatoms. The normalized spacial score (nSPS) is 15.4. The van der Waals surface area contributed by atoms with Crippen LogP contribution in [-0.2, 0) is 11.8 Å². The topological polar surface area (TPSA) is 9.23 Å². The van der Waals surface area contributed by atoms with Gasteiger partial charge >= 0.3 is 0 Å². The molecule has 0 saturated heterocycles. The third-order valence-electron chi connectivity index (χ3n) is 5.00. The van der Waals surface area contributed by atoms with Crippen LogP contribution in [0.3, 0.4) is 0 Å². The quantitative estimate of drug-likeness (QED) is 0.438. The summed E-state index contributed by atoms with van der Waals surface area (Å²) >= 11 is 5.96. The first-order chi connectivity index (χ1) is 13.2. The van der Waals surface area contributed by atoms with Crippen molar-refractivity contribution >= 4 is 11.6 Å². The Balaban J connectivity index is 1.48.